The van der Waals surface area contributed by atoms with Crippen LogP contribution in [-0.4, -0.2) is 36.6 Å². The number of aromatic nitrogens is 4. The maximum atomic E-state index is 13.2. The maximum absolute atomic E-state index is 13.2. The van der Waals surface area contributed by atoms with Crippen LogP contribution in [0.4, 0.5) is 19.0 Å². The van der Waals surface area contributed by atoms with Crippen LogP contribution in [0.1, 0.15) is 59.1 Å². The van der Waals surface area contributed by atoms with Crippen molar-refractivity contribution in [3.8, 4) is 11.4 Å². The Morgan fingerprint density at radius 2 is 1.74 bits per heavy atom. The van der Waals surface area contributed by atoms with E-state index in [4.69, 9.17) is 4.98 Å². The summed E-state index contributed by atoms with van der Waals surface area (Å²) in [7, 11) is 0. The number of nitrogens with one attached hydrogen (secondary N) is 1. The second-order valence-electron chi connectivity index (χ2n) is 10.1. The van der Waals surface area contributed by atoms with E-state index in [1.165, 1.54) is 12.1 Å². The third-order valence-electron chi connectivity index (χ3n) is 7.12. The molecular weight excluding hydrogens is 495 g/mol. The van der Waals surface area contributed by atoms with Crippen LogP contribution in [0.25, 0.3) is 22.6 Å². The Morgan fingerprint density at radius 3 is 2.29 bits per heavy atom. The highest BCUT2D eigenvalue weighted by molar-refractivity contribution is 5.92. The van der Waals surface area contributed by atoms with Gasteiger partial charge in [-0.2, -0.15) is 13.2 Å². The first kappa shape index (κ1) is 25.7. The summed E-state index contributed by atoms with van der Waals surface area (Å²) in [6, 6.07) is 11.0. The fourth-order valence-corrected chi connectivity index (χ4v) is 4.97. The lowest BCUT2D eigenvalue weighted by Gasteiger charge is -2.32. The van der Waals surface area contributed by atoms with Gasteiger partial charge < -0.3 is 15.0 Å². The zero-order valence-corrected chi connectivity index (χ0v) is 21.3. The average Bonchev–Trinajstić information content (AvgIpc) is 3.15. The van der Waals surface area contributed by atoms with E-state index in [-0.39, 0.29) is 24.1 Å². The van der Waals surface area contributed by atoms with Crippen LogP contribution < -0.4 is 5.32 Å². The van der Waals surface area contributed by atoms with Crippen molar-refractivity contribution in [1.29, 1.82) is 0 Å². The molecule has 2 heterocycles. The highest BCUT2D eigenvalue weighted by Crippen LogP contribution is 2.35. The van der Waals surface area contributed by atoms with Crippen LogP contribution in [0, 0.1) is 19.8 Å². The number of carboxylic acids is 1. The molecule has 1 aliphatic carbocycles. The molecule has 38 heavy (non-hydrogen) atoms. The number of halogens is 3. The third-order valence-corrected chi connectivity index (χ3v) is 7.12. The zero-order valence-electron chi connectivity index (χ0n) is 21.3. The molecule has 0 radical (unpaired) electrons. The Hall–Kier alpha value is -3.95. The number of rotatable bonds is 7. The molecule has 0 amide bonds. The molecule has 5 rings (SSSR count). The van der Waals surface area contributed by atoms with Crippen LogP contribution in [0.15, 0.2) is 42.5 Å². The fraction of sp³-hybridized carbons (Fsp3) is 0.357. The molecule has 2 aromatic carbocycles. The van der Waals surface area contributed by atoms with E-state index in [9.17, 15) is 23.1 Å². The van der Waals surface area contributed by atoms with Gasteiger partial charge in [0.1, 0.15) is 11.3 Å². The molecule has 0 saturated heterocycles. The minimum absolute atomic E-state index is 0.0441. The minimum atomic E-state index is -4.43. The zero-order chi connectivity index (χ0) is 27.2. The van der Waals surface area contributed by atoms with Gasteiger partial charge in [0.05, 0.1) is 5.56 Å². The highest BCUT2D eigenvalue weighted by Gasteiger charge is 2.30. The van der Waals surface area contributed by atoms with Crippen molar-refractivity contribution in [2.24, 2.45) is 5.92 Å². The van der Waals surface area contributed by atoms with Crippen molar-refractivity contribution >= 4 is 23.0 Å². The van der Waals surface area contributed by atoms with Crippen LogP contribution in [0.3, 0.4) is 0 Å². The van der Waals surface area contributed by atoms with Crippen LogP contribution >= 0.6 is 0 Å². The molecule has 0 aliphatic heterocycles. The molecule has 1 saturated carbocycles. The van der Waals surface area contributed by atoms with Crippen LogP contribution in [-0.2, 0) is 12.7 Å². The largest absolute Gasteiger partial charge is 0.475 e. The third kappa shape index (κ3) is 5.07. The van der Waals surface area contributed by atoms with E-state index in [1.54, 1.807) is 0 Å². The van der Waals surface area contributed by atoms with Gasteiger partial charge in [0.2, 0.25) is 5.82 Å². The Balaban J connectivity index is 1.70. The fourth-order valence-electron chi connectivity index (χ4n) is 4.97. The first-order valence-electron chi connectivity index (χ1n) is 12.5. The Kier molecular flexibility index (Phi) is 6.58. The molecular formula is C28H28F3N5O2. The Morgan fingerprint density at radius 1 is 1.08 bits per heavy atom. The van der Waals surface area contributed by atoms with Crippen molar-refractivity contribution in [3.63, 3.8) is 0 Å². The number of hydrogen-bond donors (Lipinski definition) is 2. The molecule has 2 N–H and O–H groups in total. The number of aromatic carboxylic acids is 1. The number of carbonyl (C=O) groups is 1. The molecule has 0 bridgehead atoms. The Bertz CT molecular complexity index is 1490. The average molecular weight is 524 g/mol. The summed E-state index contributed by atoms with van der Waals surface area (Å²) in [4.78, 5) is 25.2. The van der Waals surface area contributed by atoms with E-state index in [0.29, 0.717) is 28.6 Å². The lowest BCUT2D eigenvalue weighted by Crippen LogP contribution is -2.31. The van der Waals surface area contributed by atoms with Gasteiger partial charge in [0.15, 0.2) is 11.5 Å². The van der Waals surface area contributed by atoms with E-state index in [2.05, 4.69) is 15.3 Å². The summed E-state index contributed by atoms with van der Waals surface area (Å²) >= 11 is 0. The SMILES string of the molecule is Cc1cc(C)cc(-c2nc3nc(C(=O)O)nc(N[C@H](C)C4CCC4)c3n2Cc2ccc(C(F)(F)F)cc2)c1. The molecule has 1 atom stereocenters. The smallest absolute Gasteiger partial charge is 0.416 e. The van der Waals surface area contributed by atoms with E-state index in [0.717, 1.165) is 48.1 Å². The molecule has 0 unspecified atom stereocenters. The number of nitrogens with zero attached hydrogens (tertiary/aromatic N) is 4. The van der Waals surface area contributed by atoms with E-state index in [1.807, 2.05) is 43.5 Å². The summed E-state index contributed by atoms with van der Waals surface area (Å²) in [5.74, 6) is -0.313. The molecule has 198 valence electrons. The van der Waals surface area contributed by atoms with Crippen molar-refractivity contribution in [3.05, 3.63) is 70.5 Å². The van der Waals surface area contributed by atoms with Gasteiger partial charge >= 0.3 is 12.1 Å². The number of fused-ring (bicyclic) bond motifs is 1. The number of imidazole rings is 1. The maximum Gasteiger partial charge on any atom is 0.416 e. The first-order valence-corrected chi connectivity index (χ1v) is 12.5. The number of carboxylic acid groups (broad SMARTS) is 1. The second-order valence-corrected chi connectivity index (χ2v) is 10.1. The van der Waals surface area contributed by atoms with Crippen molar-refractivity contribution in [1.82, 2.24) is 19.5 Å². The summed E-state index contributed by atoms with van der Waals surface area (Å²) in [6.07, 6.45) is -1.13. The van der Waals surface area contributed by atoms with Crippen LogP contribution in [0.2, 0.25) is 0 Å². The lowest BCUT2D eigenvalue weighted by molar-refractivity contribution is -0.137. The topological polar surface area (TPSA) is 92.9 Å². The number of alkyl halides is 3. The van der Waals surface area contributed by atoms with Gasteiger partial charge in [0, 0.05) is 18.2 Å². The predicted octanol–water partition coefficient (Wildman–Crippen LogP) is 6.48. The molecule has 7 nitrogen and oxygen atoms in total. The standard InChI is InChI=1S/C28H28F3N5O2/c1-15-11-16(2)13-20(12-15)26-35-24-22(36(26)14-18-7-9-21(10-8-18)28(29,30)31)23(33-25(34-24)27(37)38)32-17(3)19-5-4-6-19/h7-13,17,19H,4-6,14H2,1-3H3,(H,37,38)(H,32,33,34)/t17-/m1/s1. The minimum Gasteiger partial charge on any atom is -0.475 e. The van der Waals surface area contributed by atoms with Crippen molar-refractivity contribution < 1.29 is 23.1 Å². The lowest BCUT2D eigenvalue weighted by atomic mass is 9.80. The van der Waals surface area contributed by atoms with Gasteiger partial charge in [-0.25, -0.2) is 19.7 Å². The summed E-state index contributed by atoms with van der Waals surface area (Å²) in [5, 5.41) is 13.1. The van der Waals surface area contributed by atoms with Gasteiger partial charge in [-0.3, -0.25) is 0 Å². The van der Waals surface area contributed by atoms with E-state index >= 15 is 0 Å². The molecule has 10 heteroatoms. The van der Waals surface area contributed by atoms with Crippen LogP contribution in [0.5, 0.6) is 0 Å². The monoisotopic (exact) mass is 523 g/mol. The Labute approximate surface area is 217 Å². The molecule has 0 spiro atoms. The first-order chi connectivity index (χ1) is 18.0. The van der Waals surface area contributed by atoms with Gasteiger partial charge in [-0.15, -0.1) is 0 Å². The summed E-state index contributed by atoms with van der Waals surface area (Å²) in [6.45, 7) is 6.17. The number of aryl methyl sites for hydroxylation is 2. The van der Waals surface area contributed by atoms with Gasteiger partial charge in [0.25, 0.3) is 0 Å². The van der Waals surface area contributed by atoms with Gasteiger partial charge in [-0.05, 0) is 69.4 Å². The molecule has 2 aromatic heterocycles. The quantitative estimate of drug-likeness (QED) is 0.288. The summed E-state index contributed by atoms with van der Waals surface area (Å²) in [5.41, 5.74) is 3.45. The molecule has 1 fully saturated rings. The van der Waals surface area contributed by atoms with E-state index < -0.39 is 17.7 Å². The van der Waals surface area contributed by atoms with Crippen molar-refractivity contribution in [2.75, 3.05) is 5.32 Å². The highest BCUT2D eigenvalue weighted by atomic mass is 19.4. The molecule has 4 aromatic rings. The predicted molar refractivity (Wildman–Crippen MR) is 138 cm³/mol. The number of benzene rings is 2. The number of hydrogen-bond acceptors (Lipinski definition) is 5. The summed E-state index contributed by atoms with van der Waals surface area (Å²) < 4.78 is 41.3. The second kappa shape index (κ2) is 9.74. The van der Waals surface area contributed by atoms with Gasteiger partial charge in [-0.1, -0.05) is 35.7 Å². The normalized spacial score (nSPS) is 14.9. The number of anilines is 1. The van der Waals surface area contributed by atoms with Crippen molar-refractivity contribution in [2.45, 2.75) is 58.8 Å². The molecule has 1 aliphatic rings.